The van der Waals surface area contributed by atoms with Crippen molar-refractivity contribution in [3.63, 3.8) is 0 Å². The summed E-state index contributed by atoms with van der Waals surface area (Å²) in [6.07, 6.45) is 4.48. The van der Waals surface area contributed by atoms with Crippen molar-refractivity contribution in [2.24, 2.45) is 0 Å². The first-order valence-corrected chi connectivity index (χ1v) is 7.73. The smallest absolute Gasteiger partial charge is 0.0691 e. The van der Waals surface area contributed by atoms with Gasteiger partial charge >= 0.3 is 0 Å². The Morgan fingerprint density at radius 2 is 2.31 bits per heavy atom. The van der Waals surface area contributed by atoms with E-state index in [1.165, 1.54) is 0 Å². The Balaban J connectivity index is 2.19. The van der Waals surface area contributed by atoms with Crippen molar-refractivity contribution >= 4 is 10.8 Å². The first-order valence-electron chi connectivity index (χ1n) is 6.35. The molecule has 1 N–H and O–H groups in total. The van der Waals surface area contributed by atoms with E-state index < -0.39 is 10.8 Å². The van der Waals surface area contributed by atoms with Crippen LogP contribution in [0.1, 0.15) is 39.5 Å². The van der Waals surface area contributed by atoms with Crippen LogP contribution >= 0.6 is 0 Å². The molecule has 0 spiro atoms. The first-order chi connectivity index (χ1) is 7.69. The summed E-state index contributed by atoms with van der Waals surface area (Å²) in [4.78, 5) is 0. The van der Waals surface area contributed by atoms with E-state index in [1.54, 1.807) is 0 Å². The summed E-state index contributed by atoms with van der Waals surface area (Å²) >= 11 is 0. The fourth-order valence-electron chi connectivity index (χ4n) is 2.23. The summed E-state index contributed by atoms with van der Waals surface area (Å²) in [5.74, 6) is 0.830. The standard InChI is InChI=1S/C12H25NO2S/c1-4-11(13-3)6-5-9-16(14)12-7-8-15-10(12)2/h10-13H,4-9H2,1-3H3. The van der Waals surface area contributed by atoms with E-state index in [0.717, 1.165) is 38.0 Å². The Morgan fingerprint density at radius 1 is 1.56 bits per heavy atom. The lowest BCUT2D eigenvalue weighted by Crippen LogP contribution is -2.27. The molecule has 0 radical (unpaired) electrons. The molecular formula is C12H25NO2S. The molecule has 0 saturated carbocycles. The Kier molecular flexibility index (Phi) is 6.54. The molecular weight excluding hydrogens is 222 g/mol. The van der Waals surface area contributed by atoms with Crippen LogP contribution in [0.4, 0.5) is 0 Å². The Hall–Kier alpha value is 0.0700. The molecule has 0 aromatic heterocycles. The SMILES string of the molecule is CCC(CCCS(=O)C1CCOC1C)NC. The van der Waals surface area contributed by atoms with Crippen molar-refractivity contribution in [1.29, 1.82) is 0 Å². The molecule has 3 nitrogen and oxygen atoms in total. The van der Waals surface area contributed by atoms with Crippen LogP contribution < -0.4 is 5.32 Å². The van der Waals surface area contributed by atoms with Crippen LogP contribution in [-0.4, -0.2) is 41.0 Å². The summed E-state index contributed by atoms with van der Waals surface area (Å²) in [5.41, 5.74) is 0. The largest absolute Gasteiger partial charge is 0.377 e. The fraction of sp³-hybridized carbons (Fsp3) is 1.00. The van der Waals surface area contributed by atoms with Crippen LogP contribution in [0, 0.1) is 0 Å². The number of ether oxygens (including phenoxy) is 1. The second-order valence-electron chi connectivity index (χ2n) is 4.52. The van der Waals surface area contributed by atoms with Crippen LogP contribution in [0.5, 0.6) is 0 Å². The van der Waals surface area contributed by atoms with Crippen LogP contribution in [-0.2, 0) is 15.5 Å². The molecule has 4 unspecified atom stereocenters. The molecule has 96 valence electrons. The normalized spacial score (nSPS) is 29.2. The third-order valence-electron chi connectivity index (χ3n) is 3.44. The van der Waals surface area contributed by atoms with Gasteiger partial charge in [0, 0.05) is 29.2 Å². The highest BCUT2D eigenvalue weighted by Gasteiger charge is 2.29. The summed E-state index contributed by atoms with van der Waals surface area (Å²) in [5, 5.41) is 3.55. The maximum Gasteiger partial charge on any atom is 0.0691 e. The van der Waals surface area contributed by atoms with Crippen molar-refractivity contribution in [1.82, 2.24) is 5.32 Å². The van der Waals surface area contributed by atoms with Crippen molar-refractivity contribution in [3.05, 3.63) is 0 Å². The van der Waals surface area contributed by atoms with Gasteiger partial charge in [-0.25, -0.2) is 0 Å². The van der Waals surface area contributed by atoms with Gasteiger partial charge in [0.1, 0.15) is 0 Å². The molecule has 1 rings (SSSR count). The van der Waals surface area contributed by atoms with E-state index in [1.807, 2.05) is 14.0 Å². The average Bonchev–Trinajstić information content (AvgIpc) is 2.70. The van der Waals surface area contributed by atoms with Gasteiger partial charge in [-0.05, 0) is 39.7 Å². The molecule has 0 aliphatic carbocycles. The molecule has 0 aromatic rings. The maximum atomic E-state index is 12.0. The zero-order valence-electron chi connectivity index (χ0n) is 10.7. The second-order valence-corrected chi connectivity index (χ2v) is 6.30. The lowest BCUT2D eigenvalue weighted by Gasteiger charge is -2.16. The van der Waals surface area contributed by atoms with E-state index in [0.29, 0.717) is 6.04 Å². The molecule has 16 heavy (non-hydrogen) atoms. The van der Waals surface area contributed by atoms with Crippen molar-refractivity contribution in [2.45, 2.75) is 56.9 Å². The molecule has 0 amide bonds. The van der Waals surface area contributed by atoms with E-state index in [-0.39, 0.29) is 11.4 Å². The number of nitrogens with one attached hydrogen (secondary N) is 1. The van der Waals surface area contributed by atoms with Crippen LogP contribution in [0.15, 0.2) is 0 Å². The van der Waals surface area contributed by atoms with Crippen molar-refractivity contribution in [3.8, 4) is 0 Å². The van der Waals surface area contributed by atoms with Gasteiger partial charge in [0.2, 0.25) is 0 Å². The third-order valence-corrected chi connectivity index (χ3v) is 5.43. The molecule has 1 saturated heterocycles. The maximum absolute atomic E-state index is 12.0. The highest BCUT2D eigenvalue weighted by molar-refractivity contribution is 7.85. The highest BCUT2D eigenvalue weighted by atomic mass is 32.2. The Morgan fingerprint density at radius 3 is 2.81 bits per heavy atom. The molecule has 4 heteroatoms. The number of hydrogen-bond donors (Lipinski definition) is 1. The van der Waals surface area contributed by atoms with Gasteiger partial charge in [-0.2, -0.15) is 0 Å². The second kappa shape index (κ2) is 7.41. The first kappa shape index (κ1) is 14.1. The topological polar surface area (TPSA) is 38.3 Å². The van der Waals surface area contributed by atoms with Gasteiger partial charge < -0.3 is 10.1 Å². The van der Waals surface area contributed by atoms with Crippen LogP contribution in [0.3, 0.4) is 0 Å². The lowest BCUT2D eigenvalue weighted by molar-refractivity contribution is 0.127. The average molecular weight is 247 g/mol. The summed E-state index contributed by atoms with van der Waals surface area (Å²) in [6.45, 7) is 5.01. The van der Waals surface area contributed by atoms with Crippen LogP contribution in [0.25, 0.3) is 0 Å². The van der Waals surface area contributed by atoms with Crippen molar-refractivity contribution < 1.29 is 8.95 Å². The highest BCUT2D eigenvalue weighted by Crippen LogP contribution is 2.19. The van der Waals surface area contributed by atoms with Gasteiger partial charge in [0.05, 0.1) is 11.4 Å². The minimum atomic E-state index is -0.699. The predicted molar refractivity (Wildman–Crippen MR) is 69.2 cm³/mol. The predicted octanol–water partition coefficient (Wildman–Crippen LogP) is 1.69. The van der Waals surface area contributed by atoms with Crippen molar-refractivity contribution in [2.75, 3.05) is 19.4 Å². The fourth-order valence-corrected chi connectivity index (χ4v) is 3.85. The molecule has 0 bridgehead atoms. The molecule has 4 atom stereocenters. The van der Waals surface area contributed by atoms with Crippen LogP contribution in [0.2, 0.25) is 0 Å². The molecule has 1 aliphatic heterocycles. The molecule has 1 fully saturated rings. The number of rotatable bonds is 7. The zero-order valence-corrected chi connectivity index (χ0v) is 11.5. The summed E-state index contributed by atoms with van der Waals surface area (Å²) < 4.78 is 17.5. The van der Waals surface area contributed by atoms with Gasteiger partial charge in [-0.1, -0.05) is 6.92 Å². The summed E-state index contributed by atoms with van der Waals surface area (Å²) in [6, 6.07) is 0.578. The Labute approximate surface area is 102 Å². The Bertz CT molecular complexity index is 219. The molecule has 1 aliphatic rings. The monoisotopic (exact) mass is 247 g/mol. The lowest BCUT2D eigenvalue weighted by atomic mass is 10.1. The number of hydrogen-bond acceptors (Lipinski definition) is 3. The zero-order chi connectivity index (χ0) is 12.0. The quantitative estimate of drug-likeness (QED) is 0.744. The van der Waals surface area contributed by atoms with Gasteiger partial charge in [-0.15, -0.1) is 0 Å². The van der Waals surface area contributed by atoms with E-state index in [2.05, 4.69) is 12.2 Å². The third kappa shape index (κ3) is 4.15. The van der Waals surface area contributed by atoms with E-state index in [4.69, 9.17) is 4.74 Å². The van der Waals surface area contributed by atoms with E-state index >= 15 is 0 Å². The minimum Gasteiger partial charge on any atom is -0.377 e. The summed E-state index contributed by atoms with van der Waals surface area (Å²) in [7, 11) is 1.30. The minimum absolute atomic E-state index is 0.187. The molecule has 1 heterocycles. The van der Waals surface area contributed by atoms with Gasteiger partial charge in [0.15, 0.2) is 0 Å². The van der Waals surface area contributed by atoms with E-state index in [9.17, 15) is 4.21 Å². The molecule has 0 aromatic carbocycles. The van der Waals surface area contributed by atoms with Gasteiger partial charge in [-0.3, -0.25) is 4.21 Å². The van der Waals surface area contributed by atoms with Gasteiger partial charge in [0.25, 0.3) is 0 Å².